The second kappa shape index (κ2) is 5.96. The highest BCUT2D eigenvalue weighted by Crippen LogP contribution is 2.27. The van der Waals surface area contributed by atoms with Crippen LogP contribution in [0.1, 0.15) is 43.7 Å². The Morgan fingerprint density at radius 3 is 3.11 bits per heavy atom. The number of nitrogens with zero attached hydrogens (tertiary/aromatic N) is 1. The summed E-state index contributed by atoms with van der Waals surface area (Å²) in [6.45, 7) is 7.24. The summed E-state index contributed by atoms with van der Waals surface area (Å²) in [4.78, 5) is 2.66. The van der Waals surface area contributed by atoms with Gasteiger partial charge in [-0.1, -0.05) is 19.1 Å². The lowest BCUT2D eigenvalue weighted by atomic mass is 9.97. The predicted octanol–water partition coefficient (Wildman–Crippen LogP) is 3.67. The molecule has 19 heavy (non-hydrogen) atoms. The molecule has 0 amide bonds. The summed E-state index contributed by atoms with van der Waals surface area (Å²) >= 11 is 0. The maximum Gasteiger partial charge on any atom is 0.0375 e. The molecule has 1 saturated heterocycles. The number of hydrogen-bond acceptors (Lipinski definition) is 2. The van der Waals surface area contributed by atoms with E-state index in [4.69, 9.17) is 0 Å². The van der Waals surface area contributed by atoms with Gasteiger partial charge in [0.1, 0.15) is 0 Å². The molecule has 2 heterocycles. The van der Waals surface area contributed by atoms with Crippen LogP contribution in [0.5, 0.6) is 0 Å². The Hall–Kier alpha value is -1.02. The van der Waals surface area contributed by atoms with E-state index in [-0.39, 0.29) is 0 Å². The van der Waals surface area contributed by atoms with E-state index in [0.717, 1.165) is 19.0 Å². The van der Waals surface area contributed by atoms with Crippen LogP contribution in [0.25, 0.3) is 0 Å². The van der Waals surface area contributed by atoms with Gasteiger partial charge in [0, 0.05) is 18.8 Å². The zero-order valence-corrected chi connectivity index (χ0v) is 12.1. The minimum atomic E-state index is 0.913. The third-order valence-electron chi connectivity index (χ3n) is 4.70. The normalized spacial score (nSPS) is 24.4. The summed E-state index contributed by atoms with van der Waals surface area (Å²) in [5.41, 5.74) is 4.51. The first-order valence-electron chi connectivity index (χ1n) is 7.90. The largest absolute Gasteiger partial charge is 0.385 e. The van der Waals surface area contributed by atoms with Gasteiger partial charge in [-0.05, 0) is 68.3 Å². The van der Waals surface area contributed by atoms with Crippen LogP contribution in [0.4, 0.5) is 5.69 Å². The molecule has 3 rings (SSSR count). The van der Waals surface area contributed by atoms with Crippen molar-refractivity contribution in [1.82, 2.24) is 4.90 Å². The smallest absolute Gasteiger partial charge is 0.0375 e. The number of anilines is 1. The van der Waals surface area contributed by atoms with E-state index in [2.05, 4.69) is 35.3 Å². The first-order chi connectivity index (χ1) is 9.33. The summed E-state index contributed by atoms with van der Waals surface area (Å²) < 4.78 is 0. The molecule has 2 aliphatic rings. The molecule has 1 fully saturated rings. The summed E-state index contributed by atoms with van der Waals surface area (Å²) in [6.07, 6.45) is 6.68. The lowest BCUT2D eigenvalue weighted by Gasteiger charge is -2.25. The van der Waals surface area contributed by atoms with Gasteiger partial charge in [0.05, 0.1) is 0 Å². The molecule has 0 radical (unpaired) electrons. The Morgan fingerprint density at radius 1 is 1.21 bits per heavy atom. The molecule has 2 aliphatic heterocycles. The molecule has 2 nitrogen and oxygen atoms in total. The average molecular weight is 258 g/mol. The standard InChI is InChI=1S/C17H26N2/c1-14-5-4-11-19(12-9-14)13-15-6-2-8-17-16(15)7-3-10-18-17/h2,6,8,14,18H,3-5,7,9-13H2,1H3. The van der Waals surface area contributed by atoms with Gasteiger partial charge in [-0.3, -0.25) is 4.90 Å². The molecule has 1 atom stereocenters. The summed E-state index contributed by atoms with van der Waals surface area (Å²) in [5, 5.41) is 3.54. The lowest BCUT2D eigenvalue weighted by molar-refractivity contribution is 0.273. The van der Waals surface area contributed by atoms with Crippen molar-refractivity contribution in [2.24, 2.45) is 5.92 Å². The van der Waals surface area contributed by atoms with Gasteiger partial charge in [-0.25, -0.2) is 0 Å². The minimum Gasteiger partial charge on any atom is -0.385 e. The van der Waals surface area contributed by atoms with Crippen LogP contribution in [0.2, 0.25) is 0 Å². The highest BCUT2D eigenvalue weighted by Gasteiger charge is 2.17. The van der Waals surface area contributed by atoms with Gasteiger partial charge in [0.15, 0.2) is 0 Å². The molecular formula is C17H26N2. The van der Waals surface area contributed by atoms with Crippen molar-refractivity contribution >= 4 is 5.69 Å². The highest BCUT2D eigenvalue weighted by molar-refractivity contribution is 5.56. The minimum absolute atomic E-state index is 0.913. The summed E-state index contributed by atoms with van der Waals surface area (Å²) in [7, 11) is 0. The number of likely N-dealkylation sites (tertiary alicyclic amines) is 1. The SMILES string of the molecule is CC1CCCN(Cc2cccc3c2CCCN3)CC1. The maximum absolute atomic E-state index is 3.54. The maximum atomic E-state index is 3.54. The molecule has 2 heteroatoms. The van der Waals surface area contributed by atoms with Gasteiger partial charge in [-0.15, -0.1) is 0 Å². The van der Waals surface area contributed by atoms with E-state index in [1.165, 1.54) is 50.9 Å². The topological polar surface area (TPSA) is 15.3 Å². The molecule has 0 spiro atoms. The quantitative estimate of drug-likeness (QED) is 0.871. The van der Waals surface area contributed by atoms with E-state index < -0.39 is 0 Å². The predicted molar refractivity (Wildman–Crippen MR) is 81.5 cm³/mol. The Morgan fingerprint density at radius 2 is 2.16 bits per heavy atom. The van der Waals surface area contributed by atoms with Crippen LogP contribution in [0.15, 0.2) is 18.2 Å². The molecule has 0 aromatic heterocycles. The van der Waals surface area contributed by atoms with E-state index in [9.17, 15) is 0 Å². The van der Waals surface area contributed by atoms with Crippen molar-refractivity contribution in [3.63, 3.8) is 0 Å². The van der Waals surface area contributed by atoms with Crippen LogP contribution in [-0.2, 0) is 13.0 Å². The molecule has 1 aromatic rings. The van der Waals surface area contributed by atoms with Crippen molar-refractivity contribution in [3.8, 4) is 0 Å². The van der Waals surface area contributed by atoms with Crippen molar-refractivity contribution < 1.29 is 0 Å². The van der Waals surface area contributed by atoms with Crippen LogP contribution < -0.4 is 5.32 Å². The number of nitrogens with one attached hydrogen (secondary N) is 1. The first kappa shape index (κ1) is 13.0. The van der Waals surface area contributed by atoms with Gasteiger partial charge in [-0.2, -0.15) is 0 Å². The molecule has 1 N–H and O–H groups in total. The van der Waals surface area contributed by atoms with Gasteiger partial charge in [0.2, 0.25) is 0 Å². The van der Waals surface area contributed by atoms with Crippen LogP contribution >= 0.6 is 0 Å². The number of hydrogen-bond donors (Lipinski definition) is 1. The molecule has 0 aliphatic carbocycles. The Bertz CT molecular complexity index is 427. The van der Waals surface area contributed by atoms with E-state index in [1.807, 2.05) is 0 Å². The summed E-state index contributed by atoms with van der Waals surface area (Å²) in [5.74, 6) is 0.913. The molecular weight excluding hydrogens is 232 g/mol. The Labute approximate surface area is 117 Å². The molecule has 0 bridgehead atoms. The molecule has 1 unspecified atom stereocenters. The fourth-order valence-corrected chi connectivity index (χ4v) is 3.45. The summed E-state index contributed by atoms with van der Waals surface area (Å²) in [6, 6.07) is 6.79. The zero-order chi connectivity index (χ0) is 13.1. The van der Waals surface area contributed by atoms with Gasteiger partial charge >= 0.3 is 0 Å². The number of fused-ring (bicyclic) bond motifs is 1. The second-order valence-electron chi connectivity index (χ2n) is 6.29. The monoisotopic (exact) mass is 258 g/mol. The zero-order valence-electron chi connectivity index (χ0n) is 12.1. The van der Waals surface area contributed by atoms with E-state index in [1.54, 1.807) is 11.1 Å². The van der Waals surface area contributed by atoms with E-state index >= 15 is 0 Å². The van der Waals surface area contributed by atoms with Gasteiger partial charge < -0.3 is 5.32 Å². The first-order valence-corrected chi connectivity index (χ1v) is 7.90. The fourth-order valence-electron chi connectivity index (χ4n) is 3.45. The number of rotatable bonds is 2. The van der Waals surface area contributed by atoms with Crippen LogP contribution in [0.3, 0.4) is 0 Å². The van der Waals surface area contributed by atoms with Crippen LogP contribution in [0, 0.1) is 5.92 Å². The molecule has 0 saturated carbocycles. The van der Waals surface area contributed by atoms with Crippen molar-refractivity contribution in [1.29, 1.82) is 0 Å². The highest BCUT2D eigenvalue weighted by atomic mass is 15.1. The number of benzene rings is 1. The van der Waals surface area contributed by atoms with Gasteiger partial charge in [0.25, 0.3) is 0 Å². The van der Waals surface area contributed by atoms with Crippen molar-refractivity contribution in [2.45, 2.75) is 45.6 Å². The lowest BCUT2D eigenvalue weighted by Crippen LogP contribution is -2.25. The van der Waals surface area contributed by atoms with Crippen LogP contribution in [-0.4, -0.2) is 24.5 Å². The molecule has 104 valence electrons. The second-order valence-corrected chi connectivity index (χ2v) is 6.29. The molecule has 1 aromatic carbocycles. The third-order valence-corrected chi connectivity index (χ3v) is 4.70. The fraction of sp³-hybridized carbons (Fsp3) is 0.647. The Balaban J connectivity index is 1.72. The van der Waals surface area contributed by atoms with Crippen molar-refractivity contribution in [2.75, 3.05) is 25.0 Å². The average Bonchev–Trinajstić information content (AvgIpc) is 2.64. The Kier molecular flexibility index (Phi) is 4.07. The van der Waals surface area contributed by atoms with E-state index in [0.29, 0.717) is 0 Å². The third kappa shape index (κ3) is 3.11. The van der Waals surface area contributed by atoms with Crippen molar-refractivity contribution in [3.05, 3.63) is 29.3 Å².